The monoisotopic (exact) mass is 1230 g/mol. The highest BCUT2D eigenvalue weighted by molar-refractivity contribution is 7.66. The van der Waals surface area contributed by atoms with Crippen LogP contribution in [0, 0.1) is 5.92 Å². The smallest absolute Gasteiger partial charge is 0.387 e. The number of phosphoric acid groups is 4. The maximum atomic E-state index is 13.9. The second-order valence-electron chi connectivity index (χ2n) is 18.4. The van der Waals surface area contributed by atoms with E-state index in [2.05, 4.69) is 48.5 Å². The number of aliphatic hydroxyl groups excluding tert-OH is 3. The number of aliphatic hydroxyl groups is 3. The quantitative estimate of drug-likeness (QED) is 0.0164. The number of fused-ring (bicyclic) bond motifs is 3. The van der Waals surface area contributed by atoms with E-state index >= 15 is 0 Å². The number of hydrogen-bond acceptors (Lipinski definition) is 29. The van der Waals surface area contributed by atoms with Crippen molar-refractivity contribution in [2.24, 2.45) is 13.0 Å². The van der Waals surface area contributed by atoms with E-state index in [1.807, 2.05) is 6.92 Å². The zero-order valence-electron chi connectivity index (χ0n) is 42.5. The van der Waals surface area contributed by atoms with E-state index in [1.54, 1.807) is 0 Å². The topological polar surface area (TPSA) is 551 Å². The molecule has 3 saturated heterocycles. The molecule has 4 unspecified atom stereocenters. The molecule has 0 aromatic carbocycles. The van der Waals surface area contributed by atoms with Crippen molar-refractivity contribution in [3.63, 3.8) is 0 Å². The summed E-state index contributed by atoms with van der Waals surface area (Å²) in [5.74, 6) is -1.58. The average molecular weight is 1230 g/mol. The first-order chi connectivity index (χ1) is 38.2. The number of ether oxygens (including phenoxy) is 5. The lowest BCUT2D eigenvalue weighted by atomic mass is 9.95. The van der Waals surface area contributed by atoms with Gasteiger partial charge in [-0.05, 0) is 12.8 Å². The van der Waals surface area contributed by atoms with Crippen LogP contribution in [0.5, 0.6) is 0 Å². The van der Waals surface area contributed by atoms with Gasteiger partial charge in [0.05, 0.1) is 45.6 Å². The molecule has 446 valence electrons. The third-order valence-electron chi connectivity index (χ3n) is 12.9. The Morgan fingerprint density at radius 1 is 0.704 bits per heavy atom. The molecule has 0 radical (unpaired) electrons. The Labute approximate surface area is 453 Å². The van der Waals surface area contributed by atoms with Gasteiger partial charge in [0.2, 0.25) is 17.7 Å². The first-order valence-corrected chi connectivity index (χ1v) is 30.1. The van der Waals surface area contributed by atoms with Gasteiger partial charge in [-0.15, -0.1) is 0 Å². The van der Waals surface area contributed by atoms with Crippen LogP contribution < -0.4 is 32.9 Å². The predicted octanol–water partition coefficient (Wildman–Crippen LogP) is -2.25. The molecule has 9 heterocycles. The van der Waals surface area contributed by atoms with E-state index in [0.29, 0.717) is 12.8 Å². The lowest BCUT2D eigenvalue weighted by Gasteiger charge is -2.27. The summed E-state index contributed by atoms with van der Waals surface area (Å²) < 4.78 is 118. The molecule has 16 atom stereocenters. The average Bonchev–Trinajstić information content (AvgIpc) is 4.41. The van der Waals surface area contributed by atoms with Gasteiger partial charge in [-0.25, -0.2) is 42.8 Å². The number of H-pyrrole nitrogens is 2. The number of nitrogen functional groups attached to an aromatic ring is 3. The summed E-state index contributed by atoms with van der Waals surface area (Å²) >= 11 is 0. The third-order valence-corrected chi connectivity index (χ3v) is 18.2. The van der Waals surface area contributed by atoms with Crippen LogP contribution in [0.1, 0.15) is 44.9 Å². The van der Waals surface area contributed by atoms with E-state index in [4.69, 9.17) is 59.0 Å². The summed E-state index contributed by atoms with van der Waals surface area (Å²) in [6.07, 6.45) is -11.6. The van der Waals surface area contributed by atoms with Crippen molar-refractivity contribution < 1.29 is 108 Å². The maximum Gasteiger partial charge on any atom is 0.490 e. The van der Waals surface area contributed by atoms with Gasteiger partial charge in [0, 0.05) is 26.2 Å². The number of aromatic amines is 2. The van der Waals surface area contributed by atoms with Crippen molar-refractivity contribution in [1.82, 2.24) is 53.6 Å². The summed E-state index contributed by atoms with van der Waals surface area (Å²) in [6.45, 7) is -1.37. The fourth-order valence-electron chi connectivity index (χ4n) is 9.28. The fraction of sp³-hybridized carbons (Fsp3) is 0.605. The standard InChI is InChI=1S/C38H55N15O24P4/c1-4-5-7-68-27-26(75-78(59,60)69-10-18-24(55)25(56)35(73-18)52-14-45-21-30(52)46-37(40)48-32(21)57)19(74-36(27)51-13-44-20-28(39)42-12-43-29(20)51)11-71-80(63,64)77-81(65,66)76-79(61,62)70-9-17-16(6-8-67-3)23(54)34(72-17)53-15-50(2)22-31(53)47-38(41)49-33(22)58/h12-19,23-27,34-36,54-56H,4-11H2,1-3H3,(H11-,39,40,41,42,43,46,47,48,49,57,58,59,60,61,62,63,64,65,66)/p+1/t16-,17-,18-,19-,23-,24-,25-,26-,27-,34-,35-,36-/m1/s1. The molecule has 81 heavy (non-hydrogen) atoms. The van der Waals surface area contributed by atoms with Crippen LogP contribution in [0.2, 0.25) is 0 Å². The molecule has 0 amide bonds. The van der Waals surface area contributed by atoms with Crippen LogP contribution in [0.15, 0.2) is 34.9 Å². The van der Waals surface area contributed by atoms with Crippen molar-refractivity contribution in [2.45, 2.75) is 93.7 Å². The Morgan fingerprint density at radius 2 is 1.32 bits per heavy atom. The van der Waals surface area contributed by atoms with Crippen molar-refractivity contribution in [3.8, 4) is 0 Å². The van der Waals surface area contributed by atoms with Crippen molar-refractivity contribution in [1.29, 1.82) is 0 Å². The van der Waals surface area contributed by atoms with Crippen LogP contribution in [-0.4, -0.2) is 177 Å². The van der Waals surface area contributed by atoms with Gasteiger partial charge in [0.1, 0.15) is 54.6 Å². The van der Waals surface area contributed by atoms with Crippen LogP contribution in [0.4, 0.5) is 17.7 Å². The van der Waals surface area contributed by atoms with Gasteiger partial charge >= 0.3 is 36.9 Å². The molecule has 6 aromatic heterocycles. The van der Waals surface area contributed by atoms with Gasteiger partial charge in [-0.2, -0.15) is 13.6 Å². The number of nitrogens with one attached hydrogen (secondary N) is 2. The zero-order valence-corrected chi connectivity index (χ0v) is 46.0. The molecular weight excluding hydrogens is 1170 g/mol. The summed E-state index contributed by atoms with van der Waals surface area (Å²) in [7, 11) is -20.6. The van der Waals surface area contributed by atoms with Gasteiger partial charge < -0.3 is 75.8 Å². The van der Waals surface area contributed by atoms with Crippen LogP contribution in [0.3, 0.4) is 0 Å². The first-order valence-electron chi connectivity index (χ1n) is 24.1. The van der Waals surface area contributed by atoms with E-state index in [0.717, 1.165) is 17.2 Å². The minimum atomic E-state index is -6.19. The van der Waals surface area contributed by atoms with Crippen molar-refractivity contribution in [3.05, 3.63) is 46.0 Å². The number of imidazole rings is 3. The van der Waals surface area contributed by atoms with Gasteiger partial charge in [0.25, 0.3) is 17.1 Å². The lowest BCUT2D eigenvalue weighted by Crippen LogP contribution is -2.45. The van der Waals surface area contributed by atoms with Crippen LogP contribution in [0.25, 0.3) is 33.5 Å². The first kappa shape index (κ1) is 60.4. The maximum absolute atomic E-state index is 13.9. The van der Waals surface area contributed by atoms with E-state index in [1.165, 1.54) is 40.5 Å². The summed E-state index contributed by atoms with van der Waals surface area (Å²) in [4.78, 5) is 97.3. The highest BCUT2D eigenvalue weighted by Gasteiger charge is 2.54. The van der Waals surface area contributed by atoms with Gasteiger partial charge in [-0.3, -0.25) is 51.4 Å². The van der Waals surface area contributed by atoms with E-state index < -0.39 is 136 Å². The van der Waals surface area contributed by atoms with Gasteiger partial charge in [-0.1, -0.05) is 18.3 Å². The predicted molar refractivity (Wildman–Crippen MR) is 267 cm³/mol. The number of aromatic nitrogens is 12. The highest BCUT2D eigenvalue weighted by Crippen LogP contribution is 2.68. The molecule has 0 bridgehead atoms. The molecule has 3 aliphatic heterocycles. The van der Waals surface area contributed by atoms with Crippen LogP contribution in [-0.2, 0) is 75.7 Å². The van der Waals surface area contributed by atoms with E-state index in [-0.39, 0.29) is 70.8 Å². The number of phosphoric ester groups is 3. The zero-order chi connectivity index (χ0) is 58.5. The number of nitrogens with two attached hydrogens (primary N) is 3. The number of nitrogens with zero attached hydrogens (tertiary/aromatic N) is 10. The molecule has 9 rings (SSSR count). The Bertz CT molecular complexity index is 3590. The molecule has 6 aromatic rings. The SMILES string of the molecule is CCCCO[C@@H]1[C@H](OP(=O)(O)OC[C@H]2O[C@@H](n3cnc4c(=O)[nH]c(N)nc43)[C@H](O)[C@@H]2O)[C@@H](COP(=O)(O)OP(=O)(O)OP(=O)(O)OC[C@H]2O[C@@H]([n+]3cn(C)c4c(=O)[nH]c(N)nc43)[C@H](O)[C@@H]2CCOC)O[C@H]1n1cnc2c(N)ncnc21. The number of hydrogen-bond donors (Lipinski definition) is 12. The third kappa shape index (κ3) is 13.0. The fourth-order valence-corrected chi connectivity index (χ4v) is 13.8. The molecule has 0 saturated carbocycles. The summed E-state index contributed by atoms with van der Waals surface area (Å²) in [6, 6.07) is 0. The minimum Gasteiger partial charge on any atom is -0.387 e. The van der Waals surface area contributed by atoms with Crippen LogP contribution >= 0.6 is 31.3 Å². The molecule has 0 aliphatic carbocycles. The second-order valence-corrected chi connectivity index (χ2v) is 24.5. The normalized spacial score (nSPS) is 29.1. The summed E-state index contributed by atoms with van der Waals surface area (Å²) in [5.41, 5.74) is 15.9. The Hall–Kier alpha value is -5.15. The van der Waals surface area contributed by atoms with Gasteiger partial charge in [0.15, 0.2) is 41.4 Å². The Morgan fingerprint density at radius 3 is 2.01 bits per heavy atom. The number of unbranched alkanes of at least 4 members (excludes halogenated alkanes) is 1. The minimum absolute atomic E-state index is 0.00515. The highest BCUT2D eigenvalue weighted by atomic mass is 31.3. The molecule has 3 aliphatic rings. The number of aryl methyl sites for hydroxylation is 1. The van der Waals surface area contributed by atoms with Crippen molar-refractivity contribution in [2.75, 3.05) is 57.3 Å². The largest absolute Gasteiger partial charge is 0.490 e. The number of methoxy groups -OCH3 is 1. The molecular formula is C38H56N15O24P4+. The summed E-state index contributed by atoms with van der Waals surface area (Å²) in [5, 5.41) is 33.3. The number of anilines is 3. The molecule has 3 fully saturated rings. The Balaban J connectivity index is 0.894. The molecule has 15 N–H and O–H groups in total. The lowest BCUT2D eigenvalue weighted by molar-refractivity contribution is -0.745. The molecule has 0 spiro atoms. The number of rotatable bonds is 25. The molecule has 39 nitrogen and oxygen atoms in total. The van der Waals surface area contributed by atoms with E-state index in [9.17, 15) is 62.7 Å². The molecule has 43 heteroatoms. The van der Waals surface area contributed by atoms with Crippen molar-refractivity contribution >= 4 is 82.5 Å². The second kappa shape index (κ2) is 23.8. The Kier molecular flexibility index (Phi) is 17.8.